The molecule has 2 aromatic rings. The topological polar surface area (TPSA) is 25.8 Å². The summed E-state index contributed by atoms with van der Waals surface area (Å²) in [7, 11) is 0. The molecule has 1 saturated carbocycles. The van der Waals surface area contributed by atoms with E-state index < -0.39 is 11.6 Å². The highest BCUT2D eigenvalue weighted by atomic mass is 19.2. The summed E-state index contributed by atoms with van der Waals surface area (Å²) in [4.78, 5) is 0. The SMILES string of the molecule is CCCCCCc1ccc(-c2ccc(CCC3CCC(CCCC)CC3)nn2)c(F)c1F. The number of hydrogen-bond acceptors (Lipinski definition) is 2. The molecule has 1 aliphatic carbocycles. The lowest BCUT2D eigenvalue weighted by atomic mass is 9.78. The number of unbranched alkanes of at least 4 members (excludes halogenated alkanes) is 4. The van der Waals surface area contributed by atoms with Crippen LogP contribution < -0.4 is 0 Å². The molecule has 0 N–H and O–H groups in total. The molecule has 0 bridgehead atoms. The first-order valence-corrected chi connectivity index (χ1v) is 12.9. The number of nitrogens with zero attached hydrogens (tertiary/aromatic N) is 2. The Kier molecular flexibility index (Phi) is 10.1. The van der Waals surface area contributed by atoms with Crippen molar-refractivity contribution in [2.45, 2.75) is 104 Å². The molecule has 32 heavy (non-hydrogen) atoms. The molecule has 0 amide bonds. The molecule has 0 radical (unpaired) electrons. The lowest BCUT2D eigenvalue weighted by Crippen LogP contribution is -2.15. The minimum atomic E-state index is -0.806. The highest BCUT2D eigenvalue weighted by Crippen LogP contribution is 2.34. The van der Waals surface area contributed by atoms with Gasteiger partial charge in [0.05, 0.1) is 11.4 Å². The van der Waals surface area contributed by atoms with E-state index in [2.05, 4.69) is 24.0 Å². The number of halogens is 2. The number of benzene rings is 1. The summed E-state index contributed by atoms with van der Waals surface area (Å²) >= 11 is 0. The van der Waals surface area contributed by atoms with Crippen LogP contribution in [0.3, 0.4) is 0 Å². The van der Waals surface area contributed by atoms with Crippen molar-refractivity contribution in [1.29, 1.82) is 0 Å². The molecular weight excluding hydrogens is 402 g/mol. The van der Waals surface area contributed by atoms with Gasteiger partial charge in [0.1, 0.15) is 0 Å². The van der Waals surface area contributed by atoms with Gasteiger partial charge in [0.2, 0.25) is 0 Å². The largest absolute Gasteiger partial charge is 0.203 e. The Hall–Kier alpha value is -1.84. The molecule has 0 unspecified atom stereocenters. The van der Waals surface area contributed by atoms with Gasteiger partial charge in [-0.05, 0) is 61.3 Å². The van der Waals surface area contributed by atoms with E-state index >= 15 is 0 Å². The second-order valence-corrected chi connectivity index (χ2v) is 9.69. The van der Waals surface area contributed by atoms with Gasteiger partial charge in [0, 0.05) is 5.56 Å². The van der Waals surface area contributed by atoms with Gasteiger partial charge in [-0.3, -0.25) is 0 Å². The fraction of sp³-hybridized carbons (Fsp3) is 0.643. The van der Waals surface area contributed by atoms with Crippen molar-refractivity contribution in [2.24, 2.45) is 11.8 Å². The minimum Gasteiger partial charge on any atom is -0.203 e. The van der Waals surface area contributed by atoms with Crippen LogP contribution >= 0.6 is 0 Å². The standard InChI is InChI=1S/C28H40F2N2/c1-3-5-7-8-10-23-16-19-25(28(30)27(23)29)26-20-18-24(31-32-26)17-15-22-13-11-21(12-14-22)9-6-4-2/h16,18-22H,3-15,17H2,1-2H3. The summed E-state index contributed by atoms with van der Waals surface area (Å²) in [6.07, 6.45) is 16.3. The molecule has 0 aliphatic heterocycles. The van der Waals surface area contributed by atoms with Crippen molar-refractivity contribution in [2.75, 3.05) is 0 Å². The van der Waals surface area contributed by atoms with E-state index in [4.69, 9.17) is 0 Å². The summed E-state index contributed by atoms with van der Waals surface area (Å²) in [5.74, 6) is 0.174. The van der Waals surface area contributed by atoms with Gasteiger partial charge in [0.15, 0.2) is 11.6 Å². The van der Waals surface area contributed by atoms with Crippen LogP contribution in [0.15, 0.2) is 24.3 Å². The molecule has 4 heteroatoms. The second kappa shape index (κ2) is 13.0. The quantitative estimate of drug-likeness (QED) is 0.308. The van der Waals surface area contributed by atoms with Crippen LogP contribution in [0.5, 0.6) is 0 Å². The van der Waals surface area contributed by atoms with Crippen molar-refractivity contribution >= 4 is 0 Å². The third-order valence-corrected chi connectivity index (χ3v) is 7.20. The zero-order valence-corrected chi connectivity index (χ0v) is 20.0. The zero-order valence-electron chi connectivity index (χ0n) is 20.0. The predicted molar refractivity (Wildman–Crippen MR) is 129 cm³/mol. The van der Waals surface area contributed by atoms with E-state index in [9.17, 15) is 8.78 Å². The van der Waals surface area contributed by atoms with Crippen LogP contribution in [-0.4, -0.2) is 10.2 Å². The van der Waals surface area contributed by atoms with Gasteiger partial charge in [-0.1, -0.05) is 84.1 Å². The van der Waals surface area contributed by atoms with Crippen molar-refractivity contribution in [1.82, 2.24) is 10.2 Å². The predicted octanol–water partition coefficient (Wildman–Crippen LogP) is 8.47. The first-order valence-electron chi connectivity index (χ1n) is 12.9. The van der Waals surface area contributed by atoms with E-state index in [1.165, 1.54) is 44.9 Å². The molecule has 3 rings (SSSR count). The Morgan fingerprint density at radius 3 is 2.09 bits per heavy atom. The van der Waals surface area contributed by atoms with Gasteiger partial charge < -0.3 is 0 Å². The average Bonchev–Trinajstić information content (AvgIpc) is 2.83. The number of hydrogen-bond donors (Lipinski definition) is 0. The maximum atomic E-state index is 14.7. The van der Waals surface area contributed by atoms with Crippen molar-refractivity contribution < 1.29 is 8.78 Å². The van der Waals surface area contributed by atoms with Crippen molar-refractivity contribution in [3.63, 3.8) is 0 Å². The van der Waals surface area contributed by atoms with E-state index in [1.54, 1.807) is 18.2 Å². The van der Waals surface area contributed by atoms with Gasteiger partial charge in [-0.25, -0.2) is 8.78 Å². The molecule has 1 fully saturated rings. The van der Waals surface area contributed by atoms with Crippen LogP contribution in [0.4, 0.5) is 8.78 Å². The van der Waals surface area contributed by atoms with E-state index in [0.29, 0.717) is 17.7 Å². The summed E-state index contributed by atoms with van der Waals surface area (Å²) < 4.78 is 29.2. The first kappa shape index (κ1) is 24.8. The molecular formula is C28H40F2N2. The number of rotatable bonds is 12. The van der Waals surface area contributed by atoms with Crippen LogP contribution in [0.1, 0.15) is 102 Å². The summed E-state index contributed by atoms with van der Waals surface area (Å²) in [6, 6.07) is 7.05. The molecule has 1 aliphatic rings. The second-order valence-electron chi connectivity index (χ2n) is 9.69. The number of aryl methyl sites for hydroxylation is 2. The Bertz CT molecular complexity index is 811. The maximum Gasteiger partial charge on any atom is 0.168 e. The van der Waals surface area contributed by atoms with E-state index in [0.717, 1.165) is 56.1 Å². The van der Waals surface area contributed by atoms with E-state index in [1.807, 2.05) is 6.07 Å². The van der Waals surface area contributed by atoms with Crippen LogP contribution in [0, 0.1) is 23.5 Å². The Morgan fingerprint density at radius 1 is 0.719 bits per heavy atom. The van der Waals surface area contributed by atoms with E-state index in [-0.39, 0.29) is 5.56 Å². The van der Waals surface area contributed by atoms with Crippen molar-refractivity contribution in [3.8, 4) is 11.3 Å². The summed E-state index contributed by atoms with van der Waals surface area (Å²) in [5, 5.41) is 8.54. The lowest BCUT2D eigenvalue weighted by Gasteiger charge is -2.28. The lowest BCUT2D eigenvalue weighted by molar-refractivity contribution is 0.249. The highest BCUT2D eigenvalue weighted by Gasteiger charge is 2.21. The Labute approximate surface area is 193 Å². The average molecular weight is 443 g/mol. The molecule has 2 nitrogen and oxygen atoms in total. The molecule has 176 valence electrons. The Balaban J connectivity index is 1.51. The molecule has 1 aromatic carbocycles. The fourth-order valence-electron chi connectivity index (χ4n) is 5.01. The van der Waals surface area contributed by atoms with Crippen LogP contribution in [-0.2, 0) is 12.8 Å². The molecule has 0 atom stereocenters. The molecule has 1 aromatic heterocycles. The molecule has 0 spiro atoms. The van der Waals surface area contributed by atoms with Crippen molar-refractivity contribution in [3.05, 3.63) is 47.2 Å². The van der Waals surface area contributed by atoms with Gasteiger partial charge >= 0.3 is 0 Å². The first-order chi connectivity index (χ1) is 15.6. The van der Waals surface area contributed by atoms with Gasteiger partial charge in [-0.15, -0.1) is 0 Å². The van der Waals surface area contributed by atoms with Crippen LogP contribution in [0.2, 0.25) is 0 Å². The summed E-state index contributed by atoms with van der Waals surface area (Å²) in [6.45, 7) is 4.41. The molecule has 1 heterocycles. The normalized spacial score (nSPS) is 18.8. The van der Waals surface area contributed by atoms with Crippen LogP contribution in [0.25, 0.3) is 11.3 Å². The zero-order chi connectivity index (χ0) is 22.8. The smallest absolute Gasteiger partial charge is 0.168 e. The minimum absolute atomic E-state index is 0.198. The Morgan fingerprint density at radius 2 is 1.44 bits per heavy atom. The fourth-order valence-corrected chi connectivity index (χ4v) is 5.01. The highest BCUT2D eigenvalue weighted by molar-refractivity contribution is 5.60. The maximum absolute atomic E-state index is 14.7. The third-order valence-electron chi connectivity index (χ3n) is 7.20. The summed E-state index contributed by atoms with van der Waals surface area (Å²) in [5.41, 5.74) is 2.00. The molecule has 0 saturated heterocycles. The monoisotopic (exact) mass is 442 g/mol. The third kappa shape index (κ3) is 7.08. The van der Waals surface area contributed by atoms with Gasteiger partial charge in [0.25, 0.3) is 0 Å². The van der Waals surface area contributed by atoms with Gasteiger partial charge in [-0.2, -0.15) is 10.2 Å². The number of aromatic nitrogens is 2.